The van der Waals surface area contributed by atoms with Gasteiger partial charge in [-0.05, 0) is 42.0 Å². The highest BCUT2D eigenvalue weighted by Crippen LogP contribution is 2.22. The van der Waals surface area contributed by atoms with Gasteiger partial charge in [-0.15, -0.1) is 0 Å². The van der Waals surface area contributed by atoms with Crippen LogP contribution in [0.15, 0.2) is 47.5 Å². The quantitative estimate of drug-likeness (QED) is 0.732. The first-order chi connectivity index (χ1) is 13.4. The lowest BCUT2D eigenvalue weighted by Gasteiger charge is -2.20. The summed E-state index contributed by atoms with van der Waals surface area (Å²) in [5, 5.41) is 3.23. The molecule has 1 aliphatic rings. The number of pyridine rings is 1. The number of aryl methyl sites for hydroxylation is 1. The van der Waals surface area contributed by atoms with E-state index in [2.05, 4.69) is 48.4 Å². The molecule has 28 heavy (non-hydrogen) atoms. The molecule has 2 heterocycles. The van der Waals surface area contributed by atoms with E-state index in [0.29, 0.717) is 31.4 Å². The molecule has 3 rings (SSSR count). The summed E-state index contributed by atoms with van der Waals surface area (Å²) in [4.78, 5) is 4.47. The Morgan fingerprint density at radius 2 is 1.89 bits per heavy atom. The smallest absolute Gasteiger partial charge is 0.244 e. The van der Waals surface area contributed by atoms with Crippen molar-refractivity contribution in [1.29, 1.82) is 0 Å². The molecule has 6 nitrogen and oxygen atoms in total. The van der Waals surface area contributed by atoms with Crippen molar-refractivity contribution in [3.05, 3.63) is 53.7 Å². The summed E-state index contributed by atoms with van der Waals surface area (Å²) in [6.45, 7) is 5.94. The zero-order chi connectivity index (χ0) is 20.1. The minimum Gasteiger partial charge on any atom is -0.377 e. The number of aromatic nitrogens is 1. The van der Waals surface area contributed by atoms with Crippen molar-refractivity contribution in [3.8, 4) is 0 Å². The fraction of sp³-hybridized carbons (Fsp3) is 0.476. The standard InChI is InChI=1S/C21H29N3O3S/c1-4-17-5-7-18(8-6-17)12-22-21-10-9-20(13-23-21)28(25,26)24(3)14-19-11-16(2)15-27-19/h5-10,13,16,19H,4,11-12,14-15H2,1-3H3,(H,22,23). The topological polar surface area (TPSA) is 71.5 Å². The third-order valence-electron chi connectivity index (χ3n) is 5.09. The van der Waals surface area contributed by atoms with E-state index in [0.717, 1.165) is 18.4 Å². The Morgan fingerprint density at radius 1 is 1.18 bits per heavy atom. The molecular weight excluding hydrogens is 374 g/mol. The van der Waals surface area contributed by atoms with Gasteiger partial charge < -0.3 is 10.1 Å². The third-order valence-corrected chi connectivity index (χ3v) is 6.90. The maximum absolute atomic E-state index is 12.8. The van der Waals surface area contributed by atoms with Gasteiger partial charge in [-0.3, -0.25) is 0 Å². The number of ether oxygens (including phenoxy) is 1. The average molecular weight is 404 g/mol. The summed E-state index contributed by atoms with van der Waals surface area (Å²) in [5.74, 6) is 1.13. The fourth-order valence-corrected chi connectivity index (χ4v) is 4.45. The minimum absolute atomic E-state index is 0.0391. The summed E-state index contributed by atoms with van der Waals surface area (Å²) in [6, 6.07) is 11.7. The van der Waals surface area contributed by atoms with E-state index in [-0.39, 0.29) is 11.0 Å². The Hall–Kier alpha value is -1.96. The summed E-state index contributed by atoms with van der Waals surface area (Å²) < 4.78 is 32.5. The van der Waals surface area contributed by atoms with Crippen molar-refractivity contribution in [1.82, 2.24) is 9.29 Å². The summed E-state index contributed by atoms with van der Waals surface area (Å²) in [5.41, 5.74) is 2.46. The Kier molecular flexibility index (Phi) is 6.69. The molecule has 0 radical (unpaired) electrons. The number of nitrogens with zero attached hydrogens (tertiary/aromatic N) is 2. The molecule has 0 spiro atoms. The number of hydrogen-bond donors (Lipinski definition) is 1. The molecule has 0 amide bonds. The van der Waals surface area contributed by atoms with Crippen LogP contribution >= 0.6 is 0 Å². The Bertz CT molecular complexity index is 867. The third kappa shape index (κ3) is 5.10. The van der Waals surface area contributed by atoms with Crippen molar-refractivity contribution < 1.29 is 13.2 Å². The molecule has 1 fully saturated rings. The van der Waals surface area contributed by atoms with Gasteiger partial charge in [0.1, 0.15) is 10.7 Å². The van der Waals surface area contributed by atoms with E-state index in [1.165, 1.54) is 16.1 Å². The van der Waals surface area contributed by atoms with Crippen LogP contribution in [0.1, 0.15) is 31.4 Å². The molecule has 1 N–H and O–H groups in total. The van der Waals surface area contributed by atoms with Gasteiger partial charge in [0.05, 0.1) is 6.10 Å². The van der Waals surface area contributed by atoms with E-state index in [4.69, 9.17) is 4.74 Å². The zero-order valence-electron chi connectivity index (χ0n) is 16.8. The van der Waals surface area contributed by atoms with Gasteiger partial charge in [0.2, 0.25) is 10.0 Å². The molecule has 152 valence electrons. The van der Waals surface area contributed by atoms with Crippen LogP contribution in [0.5, 0.6) is 0 Å². The molecule has 2 aromatic rings. The molecule has 0 aliphatic carbocycles. The monoisotopic (exact) mass is 403 g/mol. The predicted molar refractivity (Wildman–Crippen MR) is 111 cm³/mol. The van der Waals surface area contributed by atoms with Gasteiger partial charge in [0.25, 0.3) is 0 Å². The lowest BCUT2D eigenvalue weighted by atomic mass is 10.1. The SMILES string of the molecule is CCc1ccc(CNc2ccc(S(=O)(=O)N(C)CC3CC(C)CO3)cn2)cc1. The second-order valence-electron chi connectivity index (χ2n) is 7.48. The summed E-state index contributed by atoms with van der Waals surface area (Å²) in [6.07, 6.45) is 3.28. The van der Waals surface area contributed by atoms with E-state index >= 15 is 0 Å². The zero-order valence-corrected chi connectivity index (χ0v) is 17.6. The normalized spacial score (nSPS) is 19.9. The Morgan fingerprint density at radius 3 is 2.46 bits per heavy atom. The van der Waals surface area contributed by atoms with Crippen LogP contribution in [-0.2, 0) is 27.7 Å². The van der Waals surface area contributed by atoms with Gasteiger partial charge >= 0.3 is 0 Å². The first kappa shape index (κ1) is 20.8. The lowest BCUT2D eigenvalue weighted by molar-refractivity contribution is 0.0949. The Labute approximate surface area is 168 Å². The number of nitrogens with one attached hydrogen (secondary N) is 1. The highest BCUT2D eigenvalue weighted by Gasteiger charge is 2.28. The first-order valence-electron chi connectivity index (χ1n) is 9.74. The Balaban J connectivity index is 1.58. The van der Waals surface area contributed by atoms with Gasteiger partial charge in [0.15, 0.2) is 0 Å². The van der Waals surface area contributed by atoms with Crippen molar-refractivity contribution in [3.63, 3.8) is 0 Å². The van der Waals surface area contributed by atoms with Gasteiger partial charge in [-0.1, -0.05) is 38.1 Å². The van der Waals surface area contributed by atoms with Crippen LogP contribution in [0, 0.1) is 5.92 Å². The largest absolute Gasteiger partial charge is 0.377 e. The number of rotatable bonds is 8. The van der Waals surface area contributed by atoms with E-state index in [1.54, 1.807) is 19.2 Å². The van der Waals surface area contributed by atoms with Crippen LogP contribution < -0.4 is 5.32 Å². The second-order valence-corrected chi connectivity index (χ2v) is 9.53. The molecule has 0 saturated carbocycles. The van der Waals surface area contributed by atoms with Crippen LogP contribution in [0.4, 0.5) is 5.82 Å². The van der Waals surface area contributed by atoms with Gasteiger partial charge in [0, 0.05) is 32.9 Å². The average Bonchev–Trinajstić information content (AvgIpc) is 3.11. The number of hydrogen-bond acceptors (Lipinski definition) is 5. The van der Waals surface area contributed by atoms with Crippen LogP contribution in [0.3, 0.4) is 0 Å². The summed E-state index contributed by atoms with van der Waals surface area (Å²) in [7, 11) is -1.98. The van der Waals surface area contributed by atoms with Crippen molar-refractivity contribution in [2.45, 2.75) is 44.2 Å². The lowest BCUT2D eigenvalue weighted by Crippen LogP contribution is -2.34. The number of benzene rings is 1. The van der Waals surface area contributed by atoms with Crippen molar-refractivity contribution >= 4 is 15.8 Å². The predicted octanol–water partition coefficient (Wildman–Crippen LogP) is 3.30. The fourth-order valence-electron chi connectivity index (χ4n) is 3.30. The summed E-state index contributed by atoms with van der Waals surface area (Å²) >= 11 is 0. The second kappa shape index (κ2) is 9.03. The highest BCUT2D eigenvalue weighted by atomic mass is 32.2. The molecule has 2 atom stereocenters. The van der Waals surface area contributed by atoms with E-state index in [9.17, 15) is 8.42 Å². The molecule has 1 aromatic carbocycles. The first-order valence-corrected chi connectivity index (χ1v) is 11.2. The number of anilines is 1. The van der Waals surface area contributed by atoms with Crippen LogP contribution in [-0.4, -0.2) is 44.0 Å². The molecule has 1 aliphatic heterocycles. The molecule has 0 bridgehead atoms. The highest BCUT2D eigenvalue weighted by molar-refractivity contribution is 7.89. The number of sulfonamides is 1. The van der Waals surface area contributed by atoms with Crippen LogP contribution in [0.2, 0.25) is 0 Å². The molecule has 1 saturated heterocycles. The van der Waals surface area contributed by atoms with E-state index < -0.39 is 10.0 Å². The van der Waals surface area contributed by atoms with Gasteiger partial charge in [-0.25, -0.2) is 13.4 Å². The van der Waals surface area contributed by atoms with Crippen molar-refractivity contribution in [2.75, 3.05) is 25.5 Å². The van der Waals surface area contributed by atoms with E-state index in [1.807, 2.05) is 0 Å². The number of likely N-dealkylation sites (N-methyl/N-ethyl adjacent to an activating group) is 1. The molecular formula is C21H29N3O3S. The maximum Gasteiger partial charge on any atom is 0.244 e. The minimum atomic E-state index is -3.57. The maximum atomic E-state index is 12.8. The van der Waals surface area contributed by atoms with Gasteiger partial charge in [-0.2, -0.15) is 4.31 Å². The van der Waals surface area contributed by atoms with Crippen LogP contribution in [0.25, 0.3) is 0 Å². The van der Waals surface area contributed by atoms with Crippen molar-refractivity contribution in [2.24, 2.45) is 5.92 Å². The molecule has 2 unspecified atom stereocenters. The molecule has 1 aromatic heterocycles. The molecule has 7 heteroatoms.